The van der Waals surface area contributed by atoms with Crippen LogP contribution in [0.1, 0.15) is 35.0 Å². The van der Waals surface area contributed by atoms with Crippen LogP contribution in [-0.2, 0) is 0 Å². The normalized spacial score (nSPS) is 17.6. The van der Waals surface area contributed by atoms with Gasteiger partial charge in [-0.1, -0.05) is 11.6 Å². The van der Waals surface area contributed by atoms with Crippen molar-refractivity contribution in [3.63, 3.8) is 0 Å². The zero-order valence-electron chi connectivity index (χ0n) is 16.8. The smallest absolute Gasteiger partial charge is 0.257 e. The fourth-order valence-corrected chi connectivity index (χ4v) is 4.10. The van der Waals surface area contributed by atoms with Crippen molar-refractivity contribution in [2.75, 3.05) is 27.0 Å². The summed E-state index contributed by atoms with van der Waals surface area (Å²) in [6.07, 6.45) is 1.69. The molecule has 8 nitrogen and oxygen atoms in total. The molecule has 1 unspecified atom stereocenters. The van der Waals surface area contributed by atoms with E-state index in [0.29, 0.717) is 52.7 Å². The lowest BCUT2D eigenvalue weighted by atomic mass is 9.97. The van der Waals surface area contributed by atoms with Crippen molar-refractivity contribution >= 4 is 17.5 Å². The fraction of sp³-hybridized carbons (Fsp3) is 0.318. The van der Waals surface area contributed by atoms with Crippen molar-refractivity contribution in [1.82, 2.24) is 15.1 Å². The molecule has 1 atom stereocenters. The highest BCUT2D eigenvalue weighted by atomic mass is 35.5. The summed E-state index contributed by atoms with van der Waals surface area (Å²) < 4.78 is 22.1. The maximum Gasteiger partial charge on any atom is 0.257 e. The van der Waals surface area contributed by atoms with Gasteiger partial charge in [0.15, 0.2) is 11.5 Å². The number of amides is 1. The molecule has 0 saturated carbocycles. The van der Waals surface area contributed by atoms with E-state index in [0.717, 1.165) is 18.4 Å². The third-order valence-corrected chi connectivity index (χ3v) is 5.75. The Balaban J connectivity index is 1.34. The van der Waals surface area contributed by atoms with Gasteiger partial charge < -0.3 is 23.5 Å². The minimum atomic E-state index is -0.125. The van der Waals surface area contributed by atoms with Gasteiger partial charge in [0.05, 0.1) is 18.6 Å². The third-order valence-electron chi connectivity index (χ3n) is 5.51. The van der Waals surface area contributed by atoms with Crippen LogP contribution in [0.25, 0.3) is 11.5 Å². The van der Waals surface area contributed by atoms with Gasteiger partial charge in [-0.05, 0) is 49.2 Å². The van der Waals surface area contributed by atoms with Crippen LogP contribution in [0.15, 0.2) is 40.8 Å². The second-order valence-electron chi connectivity index (χ2n) is 7.45. The highest BCUT2D eigenvalue weighted by Crippen LogP contribution is 2.36. The molecule has 1 amide bonds. The summed E-state index contributed by atoms with van der Waals surface area (Å²) in [7, 11) is 1.54. The minimum Gasteiger partial charge on any atom is -0.496 e. The van der Waals surface area contributed by atoms with Crippen molar-refractivity contribution in [1.29, 1.82) is 0 Å². The van der Waals surface area contributed by atoms with E-state index in [1.807, 2.05) is 18.2 Å². The van der Waals surface area contributed by atoms with Crippen molar-refractivity contribution in [2.24, 2.45) is 0 Å². The number of nitrogens with zero attached hydrogens (tertiary/aromatic N) is 3. The van der Waals surface area contributed by atoms with Gasteiger partial charge in [-0.15, -0.1) is 10.2 Å². The van der Waals surface area contributed by atoms with Crippen LogP contribution >= 0.6 is 11.6 Å². The molecule has 0 spiro atoms. The van der Waals surface area contributed by atoms with E-state index in [2.05, 4.69) is 10.2 Å². The number of methoxy groups -OCH3 is 1. The summed E-state index contributed by atoms with van der Waals surface area (Å²) in [5.74, 6) is 2.61. The van der Waals surface area contributed by atoms with E-state index in [9.17, 15) is 4.79 Å². The van der Waals surface area contributed by atoms with Gasteiger partial charge in [0.25, 0.3) is 5.91 Å². The number of rotatable bonds is 4. The first-order valence-corrected chi connectivity index (χ1v) is 10.4. The molecule has 160 valence electrons. The second-order valence-corrected chi connectivity index (χ2v) is 7.88. The zero-order chi connectivity index (χ0) is 21.4. The van der Waals surface area contributed by atoms with Crippen LogP contribution in [0, 0.1) is 0 Å². The number of ether oxygens (including phenoxy) is 3. The predicted molar refractivity (Wildman–Crippen MR) is 112 cm³/mol. The second kappa shape index (κ2) is 8.11. The lowest BCUT2D eigenvalue weighted by molar-refractivity contribution is 0.0695. The summed E-state index contributed by atoms with van der Waals surface area (Å²) in [6, 6.07) is 10.5. The highest BCUT2D eigenvalue weighted by Gasteiger charge is 2.30. The van der Waals surface area contributed by atoms with Gasteiger partial charge in [-0.2, -0.15) is 0 Å². The van der Waals surface area contributed by atoms with E-state index in [1.165, 1.54) is 7.11 Å². The molecular formula is C22H20ClN3O5. The number of carbonyl (C=O) groups excluding carboxylic acids is 1. The molecule has 31 heavy (non-hydrogen) atoms. The highest BCUT2D eigenvalue weighted by molar-refractivity contribution is 6.31. The lowest BCUT2D eigenvalue weighted by Crippen LogP contribution is -2.39. The molecule has 0 radical (unpaired) electrons. The summed E-state index contributed by atoms with van der Waals surface area (Å²) in [5.41, 5.74) is 1.21. The van der Waals surface area contributed by atoms with Crippen molar-refractivity contribution in [3.05, 3.63) is 52.9 Å². The van der Waals surface area contributed by atoms with E-state index < -0.39 is 0 Å². The fourth-order valence-electron chi connectivity index (χ4n) is 3.93. The summed E-state index contributed by atoms with van der Waals surface area (Å²) >= 11 is 6.10. The van der Waals surface area contributed by atoms with Crippen LogP contribution in [0.3, 0.4) is 0 Å². The molecule has 3 aromatic rings. The number of carbonyl (C=O) groups is 1. The summed E-state index contributed by atoms with van der Waals surface area (Å²) in [4.78, 5) is 14.9. The van der Waals surface area contributed by atoms with Gasteiger partial charge in [0.1, 0.15) is 5.75 Å². The molecule has 1 fully saturated rings. The standard InChI is InChI=1S/C22H20ClN3O5/c1-28-17-7-5-15(23)10-16(17)22(27)26-8-2-3-14(11-26)21-25-24-20(31-21)13-4-6-18-19(9-13)30-12-29-18/h4-7,9-10,14H,2-3,8,11-12H2,1H3. The van der Waals surface area contributed by atoms with E-state index in [-0.39, 0.29) is 18.6 Å². The monoisotopic (exact) mass is 441 g/mol. The molecular weight excluding hydrogens is 422 g/mol. The first kappa shape index (κ1) is 19.7. The number of benzene rings is 2. The SMILES string of the molecule is COc1ccc(Cl)cc1C(=O)N1CCCC(c2nnc(-c3ccc4c(c3)OCO4)o2)C1. The molecule has 1 aromatic heterocycles. The molecule has 2 aromatic carbocycles. The number of hydrogen-bond donors (Lipinski definition) is 0. The molecule has 0 bridgehead atoms. The first-order chi connectivity index (χ1) is 15.1. The van der Waals surface area contributed by atoms with Gasteiger partial charge in [-0.3, -0.25) is 4.79 Å². The molecule has 2 aliphatic rings. The number of piperidine rings is 1. The number of fused-ring (bicyclic) bond motifs is 1. The van der Waals surface area contributed by atoms with Crippen molar-refractivity contribution < 1.29 is 23.4 Å². The van der Waals surface area contributed by atoms with E-state index in [4.69, 9.17) is 30.2 Å². The van der Waals surface area contributed by atoms with Gasteiger partial charge in [0, 0.05) is 23.7 Å². The minimum absolute atomic E-state index is 0.0434. The molecule has 1 saturated heterocycles. The number of likely N-dealkylation sites (tertiary alicyclic amines) is 1. The van der Waals surface area contributed by atoms with Crippen LogP contribution < -0.4 is 14.2 Å². The Bertz CT molecular complexity index is 1130. The van der Waals surface area contributed by atoms with Crippen molar-refractivity contribution in [2.45, 2.75) is 18.8 Å². The molecule has 0 N–H and O–H groups in total. The topological polar surface area (TPSA) is 86.9 Å². The van der Waals surface area contributed by atoms with E-state index in [1.54, 1.807) is 23.1 Å². The van der Waals surface area contributed by atoms with Crippen LogP contribution in [-0.4, -0.2) is 48.0 Å². The first-order valence-electron chi connectivity index (χ1n) is 9.98. The van der Waals surface area contributed by atoms with Gasteiger partial charge >= 0.3 is 0 Å². The maximum atomic E-state index is 13.1. The Hall–Kier alpha value is -3.26. The number of hydrogen-bond acceptors (Lipinski definition) is 7. The predicted octanol–water partition coefficient (Wildman–Crippen LogP) is 4.15. The van der Waals surface area contributed by atoms with Gasteiger partial charge in [0.2, 0.25) is 18.6 Å². The van der Waals surface area contributed by atoms with Crippen LogP contribution in [0.4, 0.5) is 0 Å². The quantitative estimate of drug-likeness (QED) is 0.601. The Labute approximate surface area is 183 Å². The van der Waals surface area contributed by atoms with Crippen molar-refractivity contribution in [3.8, 4) is 28.7 Å². The number of halogens is 1. The maximum absolute atomic E-state index is 13.1. The number of aromatic nitrogens is 2. The Kier molecular flexibility index (Phi) is 5.15. The molecule has 0 aliphatic carbocycles. The Morgan fingerprint density at radius 1 is 1.16 bits per heavy atom. The molecule has 3 heterocycles. The van der Waals surface area contributed by atoms with Crippen LogP contribution in [0.5, 0.6) is 17.2 Å². The van der Waals surface area contributed by atoms with E-state index >= 15 is 0 Å². The molecule has 9 heteroatoms. The summed E-state index contributed by atoms with van der Waals surface area (Å²) in [5, 5.41) is 8.94. The third kappa shape index (κ3) is 3.79. The zero-order valence-corrected chi connectivity index (χ0v) is 17.6. The Morgan fingerprint density at radius 3 is 2.90 bits per heavy atom. The van der Waals surface area contributed by atoms with Gasteiger partial charge in [-0.25, -0.2) is 0 Å². The molecule has 5 rings (SSSR count). The average molecular weight is 442 g/mol. The Morgan fingerprint density at radius 2 is 2.03 bits per heavy atom. The average Bonchev–Trinajstić information content (AvgIpc) is 3.48. The largest absolute Gasteiger partial charge is 0.496 e. The molecule has 2 aliphatic heterocycles. The lowest BCUT2D eigenvalue weighted by Gasteiger charge is -2.31. The summed E-state index contributed by atoms with van der Waals surface area (Å²) in [6.45, 7) is 1.34. The van der Waals surface area contributed by atoms with Crippen LogP contribution in [0.2, 0.25) is 5.02 Å².